The van der Waals surface area contributed by atoms with Gasteiger partial charge in [0.25, 0.3) is 0 Å². The molecule has 1 aliphatic rings. The van der Waals surface area contributed by atoms with Crippen LogP contribution < -0.4 is 15.5 Å². The lowest BCUT2D eigenvalue weighted by molar-refractivity contribution is -0.129. The second kappa shape index (κ2) is 9.36. The molecule has 2 amide bonds. The lowest BCUT2D eigenvalue weighted by atomic mass is 10.2. The summed E-state index contributed by atoms with van der Waals surface area (Å²) in [6, 6.07) is 6.19. The van der Waals surface area contributed by atoms with E-state index in [0.29, 0.717) is 38.4 Å². The number of carbonyl (C=O) groups excluding carboxylic acids is 2. The van der Waals surface area contributed by atoms with Crippen LogP contribution in [-0.2, 0) is 9.59 Å². The Bertz CT molecular complexity index is 588. The summed E-state index contributed by atoms with van der Waals surface area (Å²) in [7, 11) is 0. The van der Waals surface area contributed by atoms with Crippen LogP contribution in [0.15, 0.2) is 24.3 Å². The quantitative estimate of drug-likeness (QED) is 0.769. The molecular formula is C18H27FN4O2. The Morgan fingerprint density at radius 1 is 1.20 bits per heavy atom. The third-order valence-electron chi connectivity index (χ3n) is 4.25. The first-order chi connectivity index (χ1) is 12.0. The second-order valence-corrected chi connectivity index (χ2v) is 6.29. The maximum absolute atomic E-state index is 13.8. The fourth-order valence-corrected chi connectivity index (χ4v) is 2.81. The van der Waals surface area contributed by atoms with Crippen molar-refractivity contribution in [2.24, 2.45) is 0 Å². The zero-order valence-corrected chi connectivity index (χ0v) is 14.9. The highest BCUT2D eigenvalue weighted by atomic mass is 19.1. The first-order valence-electron chi connectivity index (χ1n) is 8.80. The molecular weight excluding hydrogens is 323 g/mol. The van der Waals surface area contributed by atoms with Gasteiger partial charge in [-0.3, -0.25) is 14.5 Å². The van der Waals surface area contributed by atoms with E-state index in [4.69, 9.17) is 0 Å². The number of hydrogen-bond donors (Lipinski definition) is 2. The van der Waals surface area contributed by atoms with Gasteiger partial charge in [0.2, 0.25) is 11.8 Å². The lowest BCUT2D eigenvalue weighted by Crippen LogP contribution is -2.52. The number of piperazine rings is 1. The van der Waals surface area contributed by atoms with Crippen LogP contribution in [0.25, 0.3) is 0 Å². The third kappa shape index (κ3) is 5.70. The number of amides is 2. The molecule has 1 aliphatic heterocycles. The average Bonchev–Trinajstić information content (AvgIpc) is 2.60. The Labute approximate surface area is 148 Å². The summed E-state index contributed by atoms with van der Waals surface area (Å²) in [5.74, 6) is -0.557. The number of rotatable bonds is 7. The van der Waals surface area contributed by atoms with E-state index in [-0.39, 0.29) is 24.2 Å². The Balaban J connectivity index is 1.75. The number of hydrogen-bond acceptors (Lipinski definition) is 4. The molecule has 1 atom stereocenters. The maximum Gasteiger partial charge on any atom is 0.242 e. The fourth-order valence-electron chi connectivity index (χ4n) is 2.81. The summed E-state index contributed by atoms with van der Waals surface area (Å²) in [6.45, 7) is 7.20. The van der Waals surface area contributed by atoms with Gasteiger partial charge >= 0.3 is 0 Å². The van der Waals surface area contributed by atoms with Gasteiger partial charge in [-0.2, -0.15) is 0 Å². The summed E-state index contributed by atoms with van der Waals surface area (Å²) in [5, 5.41) is 5.48. The Hall–Kier alpha value is -2.15. The molecule has 1 aromatic carbocycles. The minimum Gasteiger partial charge on any atom is -0.367 e. The van der Waals surface area contributed by atoms with Crippen molar-refractivity contribution in [3.8, 4) is 0 Å². The molecule has 0 spiro atoms. The first kappa shape index (κ1) is 19.2. The van der Waals surface area contributed by atoms with E-state index in [1.165, 1.54) is 6.07 Å². The van der Waals surface area contributed by atoms with Gasteiger partial charge in [-0.15, -0.1) is 0 Å². The molecule has 0 aliphatic carbocycles. The van der Waals surface area contributed by atoms with Crippen molar-refractivity contribution < 1.29 is 14.0 Å². The molecule has 0 saturated carbocycles. The molecule has 2 N–H and O–H groups in total. The summed E-state index contributed by atoms with van der Waals surface area (Å²) in [6.07, 6.45) is 0.860. The van der Waals surface area contributed by atoms with Crippen LogP contribution in [0.3, 0.4) is 0 Å². The van der Waals surface area contributed by atoms with Gasteiger partial charge in [-0.1, -0.05) is 19.1 Å². The van der Waals surface area contributed by atoms with E-state index in [1.807, 2.05) is 22.8 Å². The molecule has 1 fully saturated rings. The van der Waals surface area contributed by atoms with Gasteiger partial charge in [-0.05, 0) is 25.5 Å². The normalized spacial score (nSPS) is 16.4. The number of anilines is 1. The van der Waals surface area contributed by atoms with Gasteiger partial charge in [-0.25, -0.2) is 4.39 Å². The summed E-state index contributed by atoms with van der Waals surface area (Å²) in [4.78, 5) is 27.9. The van der Waals surface area contributed by atoms with Crippen molar-refractivity contribution in [2.45, 2.75) is 26.3 Å². The molecule has 1 saturated heterocycles. The molecule has 25 heavy (non-hydrogen) atoms. The summed E-state index contributed by atoms with van der Waals surface area (Å²) >= 11 is 0. The Morgan fingerprint density at radius 3 is 2.52 bits per heavy atom. The zero-order valence-electron chi connectivity index (χ0n) is 14.9. The second-order valence-electron chi connectivity index (χ2n) is 6.29. The van der Waals surface area contributed by atoms with E-state index in [2.05, 4.69) is 10.6 Å². The van der Waals surface area contributed by atoms with E-state index in [0.717, 1.165) is 6.42 Å². The van der Waals surface area contributed by atoms with Crippen molar-refractivity contribution in [1.29, 1.82) is 0 Å². The first-order valence-corrected chi connectivity index (χ1v) is 8.80. The molecule has 0 bridgehead atoms. The Kier molecular flexibility index (Phi) is 7.18. The number of benzene rings is 1. The predicted molar refractivity (Wildman–Crippen MR) is 96.0 cm³/mol. The van der Waals surface area contributed by atoms with Crippen molar-refractivity contribution in [1.82, 2.24) is 15.5 Å². The van der Waals surface area contributed by atoms with E-state index < -0.39 is 6.04 Å². The molecule has 7 heteroatoms. The molecule has 6 nitrogen and oxygen atoms in total. The van der Waals surface area contributed by atoms with Crippen molar-refractivity contribution in [3.63, 3.8) is 0 Å². The van der Waals surface area contributed by atoms with E-state index in [9.17, 15) is 14.0 Å². The van der Waals surface area contributed by atoms with Crippen molar-refractivity contribution in [2.75, 3.05) is 44.2 Å². The molecule has 1 heterocycles. The molecule has 1 aromatic rings. The molecule has 138 valence electrons. The molecule has 0 unspecified atom stereocenters. The van der Waals surface area contributed by atoms with Gasteiger partial charge in [0.05, 0.1) is 12.2 Å². The van der Waals surface area contributed by atoms with E-state index in [1.54, 1.807) is 19.1 Å². The van der Waals surface area contributed by atoms with Gasteiger partial charge in [0.15, 0.2) is 0 Å². The van der Waals surface area contributed by atoms with Crippen LogP contribution >= 0.6 is 0 Å². The van der Waals surface area contributed by atoms with Crippen LogP contribution in [0.2, 0.25) is 0 Å². The molecule has 2 rings (SSSR count). The smallest absolute Gasteiger partial charge is 0.242 e. The summed E-state index contributed by atoms with van der Waals surface area (Å²) < 4.78 is 13.8. The van der Waals surface area contributed by atoms with Gasteiger partial charge in [0.1, 0.15) is 11.9 Å². The number of carbonyl (C=O) groups is 2. The molecule has 0 aromatic heterocycles. The largest absolute Gasteiger partial charge is 0.367 e. The highest BCUT2D eigenvalue weighted by molar-refractivity contribution is 5.87. The monoisotopic (exact) mass is 350 g/mol. The number of para-hydroxylation sites is 1. The average molecular weight is 350 g/mol. The SMILES string of the molecule is CCCNC(=O)[C@@H](C)NC(=O)CN1CCN(c2ccccc2F)CC1. The Morgan fingerprint density at radius 2 is 1.88 bits per heavy atom. The molecule has 0 radical (unpaired) electrons. The fraction of sp³-hybridized carbons (Fsp3) is 0.556. The standard InChI is InChI=1S/C18H27FN4O2/c1-3-8-20-18(25)14(2)21-17(24)13-22-9-11-23(12-10-22)16-7-5-4-6-15(16)19/h4-7,14H,3,8-13H2,1-2H3,(H,20,25)(H,21,24)/t14-/m1/s1. The van der Waals surface area contributed by atoms with Crippen LogP contribution in [0.4, 0.5) is 10.1 Å². The van der Waals surface area contributed by atoms with Crippen LogP contribution in [0, 0.1) is 5.82 Å². The van der Waals surface area contributed by atoms with Crippen molar-refractivity contribution >= 4 is 17.5 Å². The topological polar surface area (TPSA) is 64.7 Å². The number of nitrogens with zero attached hydrogens (tertiary/aromatic N) is 2. The number of halogens is 1. The summed E-state index contributed by atoms with van der Waals surface area (Å²) in [5.41, 5.74) is 0.604. The maximum atomic E-state index is 13.8. The van der Waals surface area contributed by atoms with E-state index >= 15 is 0 Å². The minimum absolute atomic E-state index is 0.167. The van der Waals surface area contributed by atoms with Crippen LogP contribution in [0.1, 0.15) is 20.3 Å². The highest BCUT2D eigenvalue weighted by Crippen LogP contribution is 2.19. The number of nitrogens with one attached hydrogen (secondary N) is 2. The third-order valence-corrected chi connectivity index (χ3v) is 4.25. The van der Waals surface area contributed by atoms with Crippen LogP contribution in [0.5, 0.6) is 0 Å². The minimum atomic E-state index is -0.543. The highest BCUT2D eigenvalue weighted by Gasteiger charge is 2.22. The lowest BCUT2D eigenvalue weighted by Gasteiger charge is -2.35. The van der Waals surface area contributed by atoms with Gasteiger partial charge in [0, 0.05) is 32.7 Å². The van der Waals surface area contributed by atoms with Crippen molar-refractivity contribution in [3.05, 3.63) is 30.1 Å². The predicted octanol–water partition coefficient (Wildman–Crippen LogP) is 0.979. The van der Waals surface area contributed by atoms with Crippen LogP contribution in [-0.4, -0.2) is 62.0 Å². The zero-order chi connectivity index (χ0) is 18.2. The van der Waals surface area contributed by atoms with Gasteiger partial charge < -0.3 is 15.5 Å².